The number of rotatable bonds is 4. The number of nitrogens with one attached hydrogen (secondary N) is 1. The lowest BCUT2D eigenvalue weighted by Gasteiger charge is -2.20. The fourth-order valence-electron chi connectivity index (χ4n) is 1.71. The summed E-state index contributed by atoms with van der Waals surface area (Å²) in [6.45, 7) is -1.27. The molecule has 0 aliphatic carbocycles. The molecule has 1 aliphatic rings. The van der Waals surface area contributed by atoms with Crippen molar-refractivity contribution in [3.05, 3.63) is 0 Å². The third-order valence-corrected chi connectivity index (χ3v) is 2.63. The predicted molar refractivity (Wildman–Crippen MR) is 47.8 cm³/mol. The quantitative estimate of drug-likeness (QED) is 0.299. The highest BCUT2D eigenvalue weighted by Crippen LogP contribution is 2.22. The van der Waals surface area contributed by atoms with E-state index in [1.54, 1.807) is 0 Å². The SMILES string of the molecule is OC[C@@H](O)[C@@H]1N[C@@H]([C@H](O)CO)[C@H](F)[C@H]1O. The van der Waals surface area contributed by atoms with Gasteiger partial charge < -0.3 is 30.8 Å². The average molecular weight is 225 g/mol. The Morgan fingerprint density at radius 3 is 2.00 bits per heavy atom. The molecule has 1 rings (SSSR count). The molecule has 1 heterocycles. The zero-order valence-electron chi connectivity index (χ0n) is 7.99. The second-order valence-corrected chi connectivity index (χ2v) is 3.65. The van der Waals surface area contributed by atoms with Gasteiger partial charge in [-0.1, -0.05) is 0 Å². The van der Waals surface area contributed by atoms with E-state index < -0.39 is 49.8 Å². The van der Waals surface area contributed by atoms with Gasteiger partial charge in [-0.25, -0.2) is 4.39 Å². The number of halogens is 1. The van der Waals surface area contributed by atoms with E-state index in [0.717, 1.165) is 0 Å². The van der Waals surface area contributed by atoms with E-state index in [2.05, 4.69) is 5.32 Å². The van der Waals surface area contributed by atoms with Crippen molar-refractivity contribution in [2.45, 2.75) is 36.6 Å². The van der Waals surface area contributed by atoms with Crippen molar-refractivity contribution < 1.29 is 29.9 Å². The summed E-state index contributed by atoms with van der Waals surface area (Å²) in [6, 6.07) is -2.19. The second-order valence-electron chi connectivity index (χ2n) is 3.65. The topological polar surface area (TPSA) is 113 Å². The van der Waals surface area contributed by atoms with Crippen molar-refractivity contribution in [3.8, 4) is 0 Å². The molecule has 15 heavy (non-hydrogen) atoms. The van der Waals surface area contributed by atoms with Gasteiger partial charge in [-0.3, -0.25) is 0 Å². The van der Waals surface area contributed by atoms with E-state index in [4.69, 9.17) is 10.2 Å². The Hall–Kier alpha value is -0.310. The van der Waals surface area contributed by atoms with Crippen LogP contribution in [-0.4, -0.2) is 75.3 Å². The van der Waals surface area contributed by atoms with E-state index in [1.807, 2.05) is 0 Å². The molecular weight excluding hydrogens is 209 g/mol. The Morgan fingerprint density at radius 1 is 1.07 bits per heavy atom. The highest BCUT2D eigenvalue weighted by atomic mass is 19.1. The van der Waals surface area contributed by atoms with Gasteiger partial charge in [0.25, 0.3) is 0 Å². The van der Waals surface area contributed by atoms with Gasteiger partial charge >= 0.3 is 0 Å². The van der Waals surface area contributed by atoms with Crippen LogP contribution in [0.1, 0.15) is 0 Å². The van der Waals surface area contributed by atoms with Crippen LogP contribution in [-0.2, 0) is 0 Å². The van der Waals surface area contributed by atoms with Crippen molar-refractivity contribution in [1.82, 2.24) is 5.32 Å². The largest absolute Gasteiger partial charge is 0.394 e. The summed E-state index contributed by atoms with van der Waals surface area (Å²) < 4.78 is 13.4. The van der Waals surface area contributed by atoms with Gasteiger partial charge in [0.1, 0.15) is 12.3 Å². The first-order valence-corrected chi connectivity index (χ1v) is 4.69. The Morgan fingerprint density at radius 2 is 1.53 bits per heavy atom. The molecular formula is C8H16FNO5. The zero-order valence-corrected chi connectivity index (χ0v) is 7.99. The normalized spacial score (nSPS) is 40.4. The standard InChI is InChI=1S/C8H16FNO5/c9-5-6(3(13)1-11)10-7(8(5)15)4(14)2-12/h3-8,10-15H,1-2H2/t3-,4-,5+,6+,7+,8-/m1/s1. The lowest BCUT2D eigenvalue weighted by atomic mass is 10.0. The van der Waals surface area contributed by atoms with Gasteiger partial charge in [-0.2, -0.15) is 0 Å². The molecule has 0 aromatic carbocycles. The van der Waals surface area contributed by atoms with Crippen LogP contribution in [0, 0.1) is 0 Å². The van der Waals surface area contributed by atoms with Crippen LogP contribution in [0.15, 0.2) is 0 Å². The molecule has 7 heteroatoms. The lowest BCUT2D eigenvalue weighted by Crippen LogP contribution is -2.48. The zero-order chi connectivity index (χ0) is 11.6. The third kappa shape index (κ3) is 2.44. The maximum Gasteiger partial charge on any atom is 0.145 e. The summed E-state index contributed by atoms with van der Waals surface area (Å²) in [5.41, 5.74) is 0. The van der Waals surface area contributed by atoms with E-state index in [9.17, 15) is 19.7 Å². The third-order valence-electron chi connectivity index (χ3n) is 2.63. The molecule has 1 fully saturated rings. The molecule has 0 spiro atoms. The van der Waals surface area contributed by atoms with Crippen molar-refractivity contribution >= 4 is 0 Å². The number of hydrogen-bond acceptors (Lipinski definition) is 6. The summed E-state index contributed by atoms with van der Waals surface area (Å²) in [5.74, 6) is 0. The van der Waals surface area contributed by atoms with Crippen molar-refractivity contribution in [1.29, 1.82) is 0 Å². The minimum absolute atomic E-state index is 0.622. The Balaban J connectivity index is 2.67. The van der Waals surface area contributed by atoms with Crippen LogP contribution in [0.5, 0.6) is 0 Å². The van der Waals surface area contributed by atoms with E-state index >= 15 is 0 Å². The molecule has 0 aromatic rings. The Bertz CT molecular complexity index is 187. The molecule has 6 N–H and O–H groups in total. The number of aliphatic hydroxyl groups excluding tert-OH is 5. The van der Waals surface area contributed by atoms with Gasteiger partial charge in [0, 0.05) is 0 Å². The van der Waals surface area contributed by atoms with Crippen LogP contribution in [0.4, 0.5) is 4.39 Å². The van der Waals surface area contributed by atoms with Gasteiger partial charge in [0.05, 0.1) is 37.5 Å². The van der Waals surface area contributed by atoms with E-state index in [1.165, 1.54) is 0 Å². The highest BCUT2D eigenvalue weighted by molar-refractivity contribution is 5.03. The fraction of sp³-hybridized carbons (Fsp3) is 1.00. The van der Waals surface area contributed by atoms with Crippen molar-refractivity contribution in [2.75, 3.05) is 13.2 Å². The molecule has 0 saturated carbocycles. The first-order chi connectivity index (χ1) is 7.02. The molecule has 1 aliphatic heterocycles. The van der Waals surface area contributed by atoms with Crippen molar-refractivity contribution in [3.63, 3.8) is 0 Å². The molecule has 1 saturated heterocycles. The smallest absolute Gasteiger partial charge is 0.145 e. The fourth-order valence-corrected chi connectivity index (χ4v) is 1.71. The van der Waals surface area contributed by atoms with Gasteiger partial charge in [0.2, 0.25) is 0 Å². The van der Waals surface area contributed by atoms with Crippen LogP contribution >= 0.6 is 0 Å². The first kappa shape index (κ1) is 12.8. The molecule has 90 valence electrons. The summed E-state index contributed by atoms with van der Waals surface area (Å²) >= 11 is 0. The minimum Gasteiger partial charge on any atom is -0.394 e. The van der Waals surface area contributed by atoms with Crippen LogP contribution in [0.25, 0.3) is 0 Å². The number of alkyl halides is 1. The Labute approximate surface area is 86.0 Å². The van der Waals surface area contributed by atoms with Crippen LogP contribution in [0.3, 0.4) is 0 Å². The molecule has 0 bridgehead atoms. The molecule has 0 unspecified atom stereocenters. The van der Waals surface area contributed by atoms with Gasteiger partial charge in [-0.15, -0.1) is 0 Å². The first-order valence-electron chi connectivity index (χ1n) is 4.69. The van der Waals surface area contributed by atoms with E-state index in [0.29, 0.717) is 0 Å². The minimum atomic E-state index is -1.79. The average Bonchev–Trinajstić information content (AvgIpc) is 2.54. The number of aliphatic hydroxyl groups is 5. The summed E-state index contributed by atoms with van der Waals surface area (Å²) in [5, 5.41) is 47.5. The molecule has 0 amide bonds. The monoisotopic (exact) mass is 225 g/mol. The lowest BCUT2D eigenvalue weighted by molar-refractivity contribution is 0.00447. The molecule has 0 radical (unpaired) electrons. The molecule has 6 atom stereocenters. The summed E-state index contributed by atoms with van der Waals surface area (Å²) in [6.07, 6.45) is -5.98. The predicted octanol–water partition coefficient (Wildman–Crippen LogP) is -3.27. The second kappa shape index (κ2) is 5.15. The molecule has 0 aromatic heterocycles. The van der Waals surface area contributed by atoms with Crippen molar-refractivity contribution in [2.24, 2.45) is 0 Å². The van der Waals surface area contributed by atoms with Crippen LogP contribution < -0.4 is 5.32 Å². The summed E-state index contributed by atoms with van der Waals surface area (Å²) in [7, 11) is 0. The van der Waals surface area contributed by atoms with Crippen LogP contribution in [0.2, 0.25) is 0 Å². The van der Waals surface area contributed by atoms with E-state index in [-0.39, 0.29) is 0 Å². The number of hydrogen-bond donors (Lipinski definition) is 6. The summed E-state index contributed by atoms with van der Waals surface area (Å²) in [4.78, 5) is 0. The Kier molecular flexibility index (Phi) is 4.38. The van der Waals surface area contributed by atoms with Gasteiger partial charge in [-0.05, 0) is 0 Å². The molecule has 6 nitrogen and oxygen atoms in total. The maximum absolute atomic E-state index is 13.4. The highest BCUT2D eigenvalue weighted by Gasteiger charge is 2.47. The maximum atomic E-state index is 13.4. The van der Waals surface area contributed by atoms with Gasteiger partial charge in [0.15, 0.2) is 0 Å².